The van der Waals surface area contributed by atoms with Gasteiger partial charge in [-0.25, -0.2) is 4.79 Å². The van der Waals surface area contributed by atoms with Crippen LogP contribution in [0.3, 0.4) is 0 Å². The molecule has 1 N–H and O–H groups in total. The first-order valence-corrected chi connectivity index (χ1v) is 6.70. The van der Waals surface area contributed by atoms with Crippen LogP contribution >= 0.6 is 38.6 Å². The van der Waals surface area contributed by atoms with Crippen LogP contribution in [-0.2, 0) is 0 Å². The van der Waals surface area contributed by atoms with E-state index in [0.717, 1.165) is 20.5 Å². The zero-order valence-electron chi connectivity index (χ0n) is 7.78. The van der Waals surface area contributed by atoms with Crippen LogP contribution in [0.4, 0.5) is 0 Å². The summed E-state index contributed by atoms with van der Waals surface area (Å²) in [7, 11) is 0. The number of aromatic carboxylic acids is 1. The first kappa shape index (κ1) is 10.9. The number of carboxylic acids is 1. The second-order valence-electron chi connectivity index (χ2n) is 3.06. The summed E-state index contributed by atoms with van der Waals surface area (Å²) in [5, 5.41) is 12.9. The van der Waals surface area contributed by atoms with Crippen molar-refractivity contribution in [2.24, 2.45) is 0 Å². The molecule has 0 aromatic carbocycles. The summed E-state index contributed by atoms with van der Waals surface area (Å²) in [6.07, 6.45) is 0. The van der Waals surface area contributed by atoms with E-state index >= 15 is 0 Å². The quantitative estimate of drug-likeness (QED) is 0.900. The van der Waals surface area contributed by atoms with E-state index in [9.17, 15) is 4.79 Å². The van der Waals surface area contributed by atoms with Crippen molar-refractivity contribution in [1.82, 2.24) is 0 Å². The second-order valence-corrected chi connectivity index (χ2v) is 5.71. The van der Waals surface area contributed by atoms with Gasteiger partial charge in [0, 0.05) is 25.7 Å². The Morgan fingerprint density at radius 1 is 1.47 bits per heavy atom. The van der Waals surface area contributed by atoms with Gasteiger partial charge in [0.1, 0.15) is 4.88 Å². The second kappa shape index (κ2) is 4.08. The number of rotatable bonds is 2. The first-order chi connectivity index (χ1) is 7.09. The van der Waals surface area contributed by atoms with Crippen molar-refractivity contribution in [3.8, 4) is 10.4 Å². The van der Waals surface area contributed by atoms with Gasteiger partial charge in [0.05, 0.1) is 0 Å². The molecule has 0 saturated heterocycles. The van der Waals surface area contributed by atoms with Gasteiger partial charge in [0.25, 0.3) is 0 Å². The van der Waals surface area contributed by atoms with E-state index in [1.807, 2.05) is 17.7 Å². The van der Waals surface area contributed by atoms with Crippen LogP contribution in [0, 0.1) is 6.92 Å². The standard InChI is InChI=1S/C10H7BrO2S2/c1-5-2-8(10(12)13)15-9(5)6-3-14-4-7(6)11/h2-4H,1H3,(H,12,13). The maximum absolute atomic E-state index is 10.8. The molecular formula is C10H7BrO2S2. The molecule has 2 heterocycles. The highest BCUT2D eigenvalue weighted by atomic mass is 79.9. The fourth-order valence-corrected chi connectivity index (χ4v) is 4.03. The number of hydrogen-bond donors (Lipinski definition) is 1. The lowest BCUT2D eigenvalue weighted by Crippen LogP contribution is -1.89. The lowest BCUT2D eigenvalue weighted by Gasteiger charge is -1.95. The van der Waals surface area contributed by atoms with Crippen molar-refractivity contribution in [1.29, 1.82) is 0 Å². The molecule has 0 aliphatic rings. The van der Waals surface area contributed by atoms with E-state index in [1.54, 1.807) is 17.4 Å². The van der Waals surface area contributed by atoms with E-state index in [0.29, 0.717) is 4.88 Å². The Bertz CT molecular complexity index is 513. The van der Waals surface area contributed by atoms with Crippen molar-refractivity contribution >= 4 is 44.6 Å². The van der Waals surface area contributed by atoms with Gasteiger partial charge >= 0.3 is 5.97 Å². The predicted octanol–water partition coefficient (Wildman–Crippen LogP) is 4.25. The van der Waals surface area contributed by atoms with Gasteiger partial charge in [0.2, 0.25) is 0 Å². The maximum Gasteiger partial charge on any atom is 0.345 e. The lowest BCUT2D eigenvalue weighted by atomic mass is 10.2. The smallest absolute Gasteiger partial charge is 0.345 e. The zero-order chi connectivity index (χ0) is 11.0. The molecule has 0 radical (unpaired) electrons. The average Bonchev–Trinajstić information content (AvgIpc) is 2.71. The summed E-state index contributed by atoms with van der Waals surface area (Å²) in [6, 6.07) is 1.71. The minimum Gasteiger partial charge on any atom is -0.477 e. The Hall–Kier alpha value is -0.650. The third-order valence-electron chi connectivity index (χ3n) is 1.99. The highest BCUT2D eigenvalue weighted by Gasteiger charge is 2.14. The Kier molecular flexibility index (Phi) is 2.95. The summed E-state index contributed by atoms with van der Waals surface area (Å²) in [5.41, 5.74) is 2.09. The minimum atomic E-state index is -0.860. The lowest BCUT2D eigenvalue weighted by molar-refractivity contribution is 0.0702. The van der Waals surface area contributed by atoms with Crippen LogP contribution in [0.25, 0.3) is 10.4 Å². The Morgan fingerprint density at radius 2 is 2.20 bits per heavy atom. The molecule has 0 fully saturated rings. The Labute approximate surface area is 103 Å². The molecular weight excluding hydrogens is 296 g/mol. The van der Waals surface area contributed by atoms with E-state index in [4.69, 9.17) is 5.11 Å². The predicted molar refractivity (Wildman–Crippen MR) is 67.0 cm³/mol. The summed E-state index contributed by atoms with van der Waals surface area (Å²) in [6.45, 7) is 1.93. The van der Waals surface area contributed by atoms with Crippen LogP contribution in [0.15, 0.2) is 21.3 Å². The van der Waals surface area contributed by atoms with Crippen molar-refractivity contribution in [2.45, 2.75) is 6.92 Å². The van der Waals surface area contributed by atoms with Gasteiger partial charge in [-0.05, 0) is 34.5 Å². The molecule has 0 bridgehead atoms. The number of thiophene rings is 2. The zero-order valence-corrected chi connectivity index (χ0v) is 11.0. The van der Waals surface area contributed by atoms with Gasteiger partial charge in [-0.3, -0.25) is 0 Å². The van der Waals surface area contributed by atoms with Crippen LogP contribution in [0.2, 0.25) is 0 Å². The van der Waals surface area contributed by atoms with Gasteiger partial charge < -0.3 is 5.11 Å². The molecule has 2 nitrogen and oxygen atoms in total. The minimum absolute atomic E-state index is 0.389. The van der Waals surface area contributed by atoms with Crippen LogP contribution < -0.4 is 0 Å². The van der Waals surface area contributed by atoms with Gasteiger partial charge in [-0.1, -0.05) is 0 Å². The SMILES string of the molecule is Cc1cc(C(=O)O)sc1-c1cscc1Br. The Morgan fingerprint density at radius 3 is 2.67 bits per heavy atom. The largest absolute Gasteiger partial charge is 0.477 e. The molecule has 78 valence electrons. The van der Waals surface area contributed by atoms with Crippen molar-refractivity contribution in [3.05, 3.63) is 31.7 Å². The number of carbonyl (C=O) groups is 1. The van der Waals surface area contributed by atoms with Crippen LogP contribution in [0.1, 0.15) is 15.2 Å². The molecule has 0 atom stereocenters. The highest BCUT2D eigenvalue weighted by molar-refractivity contribution is 9.10. The molecule has 2 rings (SSSR count). The molecule has 0 spiro atoms. The van der Waals surface area contributed by atoms with E-state index in [-0.39, 0.29) is 0 Å². The molecule has 0 saturated carbocycles. The van der Waals surface area contributed by atoms with Crippen molar-refractivity contribution in [2.75, 3.05) is 0 Å². The van der Waals surface area contributed by atoms with Gasteiger partial charge in [0.15, 0.2) is 0 Å². The summed E-state index contributed by atoms with van der Waals surface area (Å²) >= 11 is 6.37. The fraction of sp³-hybridized carbons (Fsp3) is 0.100. The summed E-state index contributed by atoms with van der Waals surface area (Å²) < 4.78 is 1.02. The highest BCUT2D eigenvalue weighted by Crippen LogP contribution is 2.38. The third kappa shape index (κ3) is 2.00. The van der Waals surface area contributed by atoms with Gasteiger partial charge in [-0.2, -0.15) is 11.3 Å². The summed E-state index contributed by atoms with van der Waals surface area (Å²) in [5.74, 6) is -0.860. The number of carboxylic acid groups (broad SMARTS) is 1. The topological polar surface area (TPSA) is 37.3 Å². The molecule has 0 amide bonds. The molecule has 0 aliphatic heterocycles. The molecule has 2 aromatic rings. The molecule has 0 unspecified atom stereocenters. The third-order valence-corrected chi connectivity index (χ3v) is 4.95. The fourth-order valence-electron chi connectivity index (χ4n) is 1.30. The monoisotopic (exact) mass is 302 g/mol. The summed E-state index contributed by atoms with van der Waals surface area (Å²) in [4.78, 5) is 12.2. The number of aryl methyl sites for hydroxylation is 1. The maximum atomic E-state index is 10.8. The van der Waals surface area contributed by atoms with E-state index < -0.39 is 5.97 Å². The van der Waals surface area contributed by atoms with E-state index in [1.165, 1.54) is 11.3 Å². The molecule has 2 aromatic heterocycles. The number of hydrogen-bond acceptors (Lipinski definition) is 3. The number of halogens is 1. The molecule has 0 aliphatic carbocycles. The van der Waals surface area contributed by atoms with E-state index in [2.05, 4.69) is 15.9 Å². The molecule has 15 heavy (non-hydrogen) atoms. The Balaban J connectivity index is 2.54. The van der Waals surface area contributed by atoms with Crippen LogP contribution in [-0.4, -0.2) is 11.1 Å². The van der Waals surface area contributed by atoms with Crippen LogP contribution in [0.5, 0.6) is 0 Å². The van der Waals surface area contributed by atoms with Crippen molar-refractivity contribution in [3.63, 3.8) is 0 Å². The normalized spacial score (nSPS) is 10.5. The molecule has 5 heteroatoms. The first-order valence-electron chi connectivity index (χ1n) is 4.15. The van der Waals surface area contributed by atoms with Gasteiger partial charge in [-0.15, -0.1) is 11.3 Å². The average molecular weight is 303 g/mol. The van der Waals surface area contributed by atoms with Crippen molar-refractivity contribution < 1.29 is 9.90 Å².